The molecule has 2 heterocycles. The van der Waals surface area contributed by atoms with E-state index >= 15 is 0 Å². The van der Waals surface area contributed by atoms with Crippen LogP contribution in [0.15, 0.2) is 35.2 Å². The van der Waals surface area contributed by atoms with Crippen LogP contribution >= 0.6 is 0 Å². The molecular formula is C12H12O5S. The van der Waals surface area contributed by atoms with E-state index in [1.54, 1.807) is 18.2 Å². The fourth-order valence-corrected chi connectivity index (χ4v) is 4.17. The number of carbonyl (C=O) groups is 1. The van der Waals surface area contributed by atoms with E-state index in [2.05, 4.69) is 0 Å². The van der Waals surface area contributed by atoms with Gasteiger partial charge in [0.1, 0.15) is 6.10 Å². The molecule has 0 saturated carbocycles. The molecule has 0 N–H and O–H groups in total. The quantitative estimate of drug-likeness (QED) is 0.783. The second-order valence-electron chi connectivity index (χ2n) is 4.39. The predicted molar refractivity (Wildman–Crippen MR) is 61.7 cm³/mol. The monoisotopic (exact) mass is 268 g/mol. The molecule has 2 saturated heterocycles. The lowest BCUT2D eigenvalue weighted by molar-refractivity contribution is -0.138. The fraction of sp³-hybridized carbons (Fsp3) is 0.417. The minimum absolute atomic E-state index is 0.00717. The van der Waals surface area contributed by atoms with E-state index in [0.29, 0.717) is 0 Å². The summed E-state index contributed by atoms with van der Waals surface area (Å²) >= 11 is 0. The third kappa shape index (κ3) is 1.77. The van der Waals surface area contributed by atoms with Crippen LogP contribution in [0, 0.1) is 0 Å². The van der Waals surface area contributed by atoms with Crippen LogP contribution in [0.5, 0.6) is 0 Å². The molecule has 0 unspecified atom stereocenters. The Morgan fingerprint density at radius 1 is 1.17 bits per heavy atom. The maximum absolute atomic E-state index is 12.4. The average Bonchev–Trinajstić information content (AvgIpc) is 2.72. The third-order valence-corrected chi connectivity index (χ3v) is 5.37. The van der Waals surface area contributed by atoms with Crippen LogP contribution in [0.1, 0.15) is 6.42 Å². The molecule has 0 aliphatic carbocycles. The molecule has 2 fully saturated rings. The van der Waals surface area contributed by atoms with Gasteiger partial charge in [0.2, 0.25) is 0 Å². The summed E-state index contributed by atoms with van der Waals surface area (Å²) < 4.78 is 35.4. The van der Waals surface area contributed by atoms with Crippen molar-refractivity contribution < 1.29 is 22.7 Å². The number of rotatable bonds is 2. The third-order valence-electron chi connectivity index (χ3n) is 3.20. The number of sulfone groups is 1. The van der Waals surface area contributed by atoms with E-state index in [0.717, 1.165) is 0 Å². The number of benzene rings is 1. The Balaban J connectivity index is 2.01. The molecule has 2 aliphatic heterocycles. The zero-order valence-corrected chi connectivity index (χ0v) is 10.3. The molecule has 0 aromatic heterocycles. The predicted octanol–water partition coefficient (Wildman–Crippen LogP) is 0.543. The van der Waals surface area contributed by atoms with Crippen LogP contribution in [0.25, 0.3) is 0 Å². The number of fused-ring (bicyclic) bond motifs is 2. The van der Waals surface area contributed by atoms with E-state index in [9.17, 15) is 13.2 Å². The maximum atomic E-state index is 12.4. The topological polar surface area (TPSA) is 69.7 Å². The van der Waals surface area contributed by atoms with Gasteiger partial charge in [-0.3, -0.25) is 4.79 Å². The van der Waals surface area contributed by atoms with Gasteiger partial charge in [-0.15, -0.1) is 0 Å². The number of ketones is 1. The molecule has 18 heavy (non-hydrogen) atoms. The Morgan fingerprint density at radius 2 is 1.89 bits per heavy atom. The van der Waals surface area contributed by atoms with E-state index in [1.807, 2.05) is 0 Å². The Hall–Kier alpha value is -1.24. The Labute approximate surface area is 105 Å². The summed E-state index contributed by atoms with van der Waals surface area (Å²) in [6, 6.07) is 7.98. The minimum atomic E-state index is -3.70. The second kappa shape index (κ2) is 4.15. The average molecular weight is 268 g/mol. The largest absolute Gasteiger partial charge is 0.349 e. The van der Waals surface area contributed by atoms with Crippen LogP contribution in [-0.2, 0) is 24.1 Å². The summed E-state index contributed by atoms with van der Waals surface area (Å²) in [7, 11) is -3.70. The van der Waals surface area contributed by atoms with Crippen molar-refractivity contribution in [3.8, 4) is 0 Å². The number of Topliss-reactive ketones (excluding diaryl/α,β-unsaturated/α-hetero) is 1. The lowest BCUT2D eigenvalue weighted by atomic mass is 10.1. The first-order chi connectivity index (χ1) is 8.59. The van der Waals surface area contributed by atoms with Crippen molar-refractivity contribution in [3.05, 3.63) is 30.3 Å². The maximum Gasteiger partial charge on any atom is 0.191 e. The van der Waals surface area contributed by atoms with Crippen LogP contribution in [0.4, 0.5) is 0 Å². The summed E-state index contributed by atoms with van der Waals surface area (Å²) in [5.41, 5.74) is 0. The summed E-state index contributed by atoms with van der Waals surface area (Å²) in [5, 5.41) is -1.14. The van der Waals surface area contributed by atoms with Crippen molar-refractivity contribution in [2.45, 2.75) is 29.0 Å². The molecule has 3 atom stereocenters. The Morgan fingerprint density at radius 3 is 2.61 bits per heavy atom. The van der Waals surface area contributed by atoms with Gasteiger partial charge in [0.15, 0.2) is 27.2 Å². The van der Waals surface area contributed by atoms with Gasteiger partial charge in [-0.1, -0.05) is 18.2 Å². The van der Waals surface area contributed by atoms with Crippen LogP contribution in [0.2, 0.25) is 0 Å². The van der Waals surface area contributed by atoms with Crippen LogP contribution in [-0.4, -0.2) is 38.5 Å². The Kier molecular flexibility index (Phi) is 2.73. The molecule has 1 aromatic rings. The highest BCUT2D eigenvalue weighted by molar-refractivity contribution is 7.92. The lowest BCUT2D eigenvalue weighted by Gasteiger charge is -2.25. The van der Waals surface area contributed by atoms with Gasteiger partial charge < -0.3 is 9.47 Å². The second-order valence-corrected chi connectivity index (χ2v) is 6.46. The standard InChI is InChI=1S/C12H12O5S/c13-9-6-11-16-7-10(17-11)12(9)18(14,15)8-4-2-1-3-5-8/h1-5,10-12H,6-7H2/t10-,11-,12+/m1/s1. The van der Waals surface area contributed by atoms with Crippen LogP contribution < -0.4 is 0 Å². The highest BCUT2D eigenvalue weighted by Gasteiger charge is 2.50. The number of carbonyl (C=O) groups excluding carboxylic acids is 1. The molecule has 3 rings (SSSR count). The molecule has 0 radical (unpaired) electrons. The van der Waals surface area contributed by atoms with Gasteiger partial charge >= 0.3 is 0 Å². The summed E-state index contributed by atoms with van der Waals surface area (Å²) in [4.78, 5) is 12.1. The van der Waals surface area contributed by atoms with Crippen molar-refractivity contribution in [2.75, 3.05) is 6.61 Å². The molecule has 5 nitrogen and oxygen atoms in total. The number of ether oxygens (including phenoxy) is 2. The molecular weight excluding hydrogens is 256 g/mol. The van der Waals surface area contributed by atoms with Gasteiger partial charge in [0.25, 0.3) is 0 Å². The normalized spacial score (nSPS) is 31.6. The van der Waals surface area contributed by atoms with Gasteiger partial charge in [0.05, 0.1) is 17.9 Å². The first-order valence-corrected chi connectivity index (χ1v) is 7.22. The molecule has 2 aliphatic rings. The molecule has 0 amide bonds. The van der Waals surface area contributed by atoms with Crippen molar-refractivity contribution in [1.29, 1.82) is 0 Å². The molecule has 0 spiro atoms. The first-order valence-electron chi connectivity index (χ1n) is 5.68. The minimum Gasteiger partial charge on any atom is -0.349 e. The summed E-state index contributed by atoms with van der Waals surface area (Å²) in [6.45, 7) is 0.160. The van der Waals surface area contributed by atoms with E-state index < -0.39 is 27.5 Å². The van der Waals surface area contributed by atoms with E-state index in [1.165, 1.54) is 12.1 Å². The molecule has 2 bridgehead atoms. The summed E-state index contributed by atoms with van der Waals surface area (Å²) in [5.74, 6) is -0.322. The van der Waals surface area contributed by atoms with Crippen molar-refractivity contribution in [2.24, 2.45) is 0 Å². The lowest BCUT2D eigenvalue weighted by Crippen LogP contribution is -2.46. The van der Waals surface area contributed by atoms with Crippen molar-refractivity contribution >= 4 is 15.6 Å². The molecule has 1 aromatic carbocycles. The number of hydrogen-bond acceptors (Lipinski definition) is 5. The Bertz CT molecular complexity index is 565. The van der Waals surface area contributed by atoms with Gasteiger partial charge in [-0.25, -0.2) is 8.42 Å². The van der Waals surface area contributed by atoms with Gasteiger partial charge in [-0.2, -0.15) is 0 Å². The SMILES string of the molecule is O=C1C[C@@H]2OC[C@@H](O2)[C@H]1S(=O)(=O)c1ccccc1. The fourth-order valence-electron chi connectivity index (χ4n) is 2.36. The first kappa shape index (κ1) is 11.8. The van der Waals surface area contributed by atoms with E-state index in [4.69, 9.17) is 9.47 Å². The highest BCUT2D eigenvalue weighted by Crippen LogP contribution is 2.31. The van der Waals surface area contributed by atoms with Gasteiger partial charge in [-0.05, 0) is 12.1 Å². The summed E-state index contributed by atoms with van der Waals surface area (Å²) in [6.07, 6.45) is -1.24. The van der Waals surface area contributed by atoms with Gasteiger partial charge in [0, 0.05) is 0 Å². The zero-order chi connectivity index (χ0) is 12.8. The number of hydrogen-bond donors (Lipinski definition) is 0. The van der Waals surface area contributed by atoms with Crippen molar-refractivity contribution in [3.63, 3.8) is 0 Å². The molecule has 96 valence electrons. The van der Waals surface area contributed by atoms with E-state index in [-0.39, 0.29) is 23.7 Å². The zero-order valence-electron chi connectivity index (χ0n) is 9.48. The molecule has 6 heteroatoms. The highest BCUT2D eigenvalue weighted by atomic mass is 32.2. The van der Waals surface area contributed by atoms with Crippen molar-refractivity contribution in [1.82, 2.24) is 0 Å². The van der Waals surface area contributed by atoms with Crippen LogP contribution in [0.3, 0.4) is 0 Å². The smallest absolute Gasteiger partial charge is 0.191 e.